The third-order valence-corrected chi connectivity index (χ3v) is 5.28. The van der Waals surface area contributed by atoms with E-state index in [4.69, 9.17) is 4.42 Å². The molecule has 26 heavy (non-hydrogen) atoms. The van der Waals surface area contributed by atoms with Crippen molar-refractivity contribution >= 4 is 0 Å². The average Bonchev–Trinajstić information content (AvgIpc) is 3.31. The molecule has 1 saturated heterocycles. The summed E-state index contributed by atoms with van der Waals surface area (Å²) in [6.45, 7) is 7.67. The molecule has 0 amide bonds. The van der Waals surface area contributed by atoms with Gasteiger partial charge in [-0.05, 0) is 45.4 Å². The second kappa shape index (κ2) is 7.07. The van der Waals surface area contributed by atoms with Gasteiger partial charge in [-0.1, -0.05) is 0 Å². The van der Waals surface area contributed by atoms with E-state index in [1.165, 1.54) is 6.42 Å². The molecule has 0 spiro atoms. The normalized spacial score (nSPS) is 18.5. The summed E-state index contributed by atoms with van der Waals surface area (Å²) in [6, 6.07) is 4.11. The van der Waals surface area contributed by atoms with Crippen LogP contribution in [0.15, 0.2) is 28.9 Å². The third-order valence-electron chi connectivity index (χ3n) is 5.28. The molecule has 0 radical (unpaired) electrons. The first-order valence-corrected chi connectivity index (χ1v) is 9.23. The molecule has 0 aromatic carbocycles. The molecule has 0 N–H and O–H groups in total. The summed E-state index contributed by atoms with van der Waals surface area (Å²) >= 11 is 0. The minimum atomic E-state index is 0.412. The van der Waals surface area contributed by atoms with Gasteiger partial charge in [0.15, 0.2) is 5.82 Å². The van der Waals surface area contributed by atoms with Gasteiger partial charge in [0, 0.05) is 31.9 Å². The van der Waals surface area contributed by atoms with E-state index in [1.54, 1.807) is 0 Å². The molecule has 0 aliphatic carbocycles. The predicted octanol–water partition coefficient (Wildman–Crippen LogP) is 2.65. The Morgan fingerprint density at radius 2 is 2.08 bits per heavy atom. The van der Waals surface area contributed by atoms with Crippen LogP contribution in [0.4, 0.5) is 0 Å². The lowest BCUT2D eigenvalue weighted by molar-refractivity contribution is 0.181. The summed E-state index contributed by atoms with van der Waals surface area (Å²) in [4.78, 5) is 6.74. The summed E-state index contributed by atoms with van der Waals surface area (Å²) in [5.41, 5.74) is 0. The number of rotatable bonds is 5. The summed E-state index contributed by atoms with van der Waals surface area (Å²) in [7, 11) is 2.08. The fraction of sp³-hybridized carbons (Fsp3) is 0.526. The van der Waals surface area contributed by atoms with Crippen molar-refractivity contribution in [3.8, 4) is 0 Å². The highest BCUT2D eigenvalue weighted by atomic mass is 16.3. The summed E-state index contributed by atoms with van der Waals surface area (Å²) in [6.07, 6.45) is 6.14. The first kappa shape index (κ1) is 17.0. The van der Waals surface area contributed by atoms with Crippen LogP contribution in [-0.4, -0.2) is 42.3 Å². The topological polar surface area (TPSA) is 64.9 Å². The zero-order chi connectivity index (χ0) is 18.1. The number of piperidine rings is 1. The standard InChI is InChI=1S/C19H26N6O/c1-14-6-7-17(26-14)12-24-9-4-5-16(11-24)19-22-21-18(23(19)3)13-25-10-8-20-15(25)2/h6-8,10,16H,4-5,9,11-13H2,1-3H3/t16-/m1/s1. The predicted molar refractivity (Wildman–Crippen MR) is 97.8 cm³/mol. The highest BCUT2D eigenvalue weighted by Crippen LogP contribution is 2.27. The number of nitrogens with zero attached hydrogens (tertiary/aromatic N) is 6. The zero-order valence-electron chi connectivity index (χ0n) is 15.7. The number of aromatic nitrogens is 5. The number of aryl methyl sites for hydroxylation is 2. The third kappa shape index (κ3) is 3.44. The van der Waals surface area contributed by atoms with Gasteiger partial charge in [-0.15, -0.1) is 10.2 Å². The molecule has 0 bridgehead atoms. The molecular formula is C19H26N6O. The van der Waals surface area contributed by atoms with Gasteiger partial charge < -0.3 is 13.6 Å². The van der Waals surface area contributed by atoms with E-state index in [9.17, 15) is 0 Å². The van der Waals surface area contributed by atoms with E-state index < -0.39 is 0 Å². The van der Waals surface area contributed by atoms with Crippen LogP contribution in [0.2, 0.25) is 0 Å². The largest absolute Gasteiger partial charge is 0.465 e. The van der Waals surface area contributed by atoms with Gasteiger partial charge in [0.2, 0.25) is 0 Å². The van der Waals surface area contributed by atoms with Crippen LogP contribution in [0, 0.1) is 13.8 Å². The smallest absolute Gasteiger partial charge is 0.152 e. The SMILES string of the molecule is Cc1ccc(CN2CCC[C@@H](c3nnc(Cn4ccnc4C)n3C)C2)o1. The molecule has 1 aliphatic rings. The molecule has 7 heteroatoms. The first-order valence-electron chi connectivity index (χ1n) is 9.23. The Morgan fingerprint density at radius 1 is 1.19 bits per heavy atom. The van der Waals surface area contributed by atoms with Crippen molar-refractivity contribution < 1.29 is 4.42 Å². The van der Waals surface area contributed by atoms with Gasteiger partial charge in [0.05, 0.1) is 13.1 Å². The zero-order valence-corrected chi connectivity index (χ0v) is 15.7. The monoisotopic (exact) mass is 354 g/mol. The Hall–Kier alpha value is -2.41. The lowest BCUT2D eigenvalue weighted by Gasteiger charge is -2.31. The molecule has 3 aromatic heterocycles. The van der Waals surface area contributed by atoms with Crippen molar-refractivity contribution in [1.29, 1.82) is 0 Å². The number of hydrogen-bond acceptors (Lipinski definition) is 5. The minimum absolute atomic E-state index is 0.412. The Morgan fingerprint density at radius 3 is 2.81 bits per heavy atom. The van der Waals surface area contributed by atoms with E-state index in [-0.39, 0.29) is 0 Å². The molecule has 1 atom stereocenters. The van der Waals surface area contributed by atoms with Crippen LogP contribution in [-0.2, 0) is 20.1 Å². The summed E-state index contributed by atoms with van der Waals surface area (Å²) < 4.78 is 10.00. The van der Waals surface area contributed by atoms with E-state index >= 15 is 0 Å². The molecule has 138 valence electrons. The van der Waals surface area contributed by atoms with Crippen molar-refractivity contribution in [3.05, 3.63) is 53.5 Å². The number of likely N-dealkylation sites (tertiary alicyclic amines) is 1. The second-order valence-corrected chi connectivity index (χ2v) is 7.22. The Labute approximate surface area is 153 Å². The van der Waals surface area contributed by atoms with Gasteiger partial charge in [0.1, 0.15) is 23.2 Å². The van der Waals surface area contributed by atoms with Crippen LogP contribution in [0.5, 0.6) is 0 Å². The number of furan rings is 1. The molecule has 1 fully saturated rings. The van der Waals surface area contributed by atoms with E-state index in [2.05, 4.69) is 42.3 Å². The molecule has 3 aromatic rings. The molecule has 4 rings (SSSR count). The average molecular weight is 354 g/mol. The highest BCUT2D eigenvalue weighted by Gasteiger charge is 2.26. The molecule has 0 saturated carbocycles. The highest BCUT2D eigenvalue weighted by molar-refractivity contribution is 5.08. The second-order valence-electron chi connectivity index (χ2n) is 7.22. The van der Waals surface area contributed by atoms with Gasteiger partial charge in [-0.2, -0.15) is 0 Å². The van der Waals surface area contributed by atoms with Crippen molar-refractivity contribution in [2.75, 3.05) is 13.1 Å². The fourth-order valence-electron chi connectivity index (χ4n) is 3.79. The van der Waals surface area contributed by atoms with Crippen LogP contribution in [0.3, 0.4) is 0 Å². The van der Waals surface area contributed by atoms with E-state index in [1.807, 2.05) is 32.3 Å². The van der Waals surface area contributed by atoms with Crippen molar-refractivity contribution in [1.82, 2.24) is 29.2 Å². The molecule has 0 unspecified atom stereocenters. The van der Waals surface area contributed by atoms with Crippen LogP contribution in [0.25, 0.3) is 0 Å². The summed E-state index contributed by atoms with van der Waals surface area (Å²) in [5.74, 6) is 5.47. The maximum absolute atomic E-state index is 5.74. The first-order chi connectivity index (χ1) is 12.6. The summed E-state index contributed by atoms with van der Waals surface area (Å²) in [5, 5.41) is 8.97. The number of imidazole rings is 1. The molecule has 7 nitrogen and oxygen atoms in total. The molecular weight excluding hydrogens is 328 g/mol. The van der Waals surface area contributed by atoms with Gasteiger partial charge in [-0.25, -0.2) is 4.98 Å². The van der Waals surface area contributed by atoms with Gasteiger partial charge >= 0.3 is 0 Å². The van der Waals surface area contributed by atoms with Crippen molar-refractivity contribution in [3.63, 3.8) is 0 Å². The number of hydrogen-bond donors (Lipinski definition) is 0. The van der Waals surface area contributed by atoms with Crippen molar-refractivity contribution in [2.45, 2.75) is 45.7 Å². The maximum Gasteiger partial charge on any atom is 0.152 e. The van der Waals surface area contributed by atoms with Crippen LogP contribution in [0.1, 0.15) is 47.8 Å². The lowest BCUT2D eigenvalue weighted by Crippen LogP contribution is -2.34. The Balaban J connectivity index is 1.46. The Bertz CT molecular complexity index is 876. The quantitative estimate of drug-likeness (QED) is 0.705. The fourth-order valence-corrected chi connectivity index (χ4v) is 3.79. The Kier molecular flexibility index (Phi) is 4.63. The van der Waals surface area contributed by atoms with Crippen LogP contribution < -0.4 is 0 Å². The van der Waals surface area contributed by atoms with Gasteiger partial charge in [0.25, 0.3) is 0 Å². The maximum atomic E-state index is 5.74. The molecule has 1 aliphatic heterocycles. The van der Waals surface area contributed by atoms with Gasteiger partial charge in [-0.3, -0.25) is 4.90 Å². The minimum Gasteiger partial charge on any atom is -0.465 e. The van der Waals surface area contributed by atoms with Crippen molar-refractivity contribution in [2.24, 2.45) is 7.05 Å². The lowest BCUT2D eigenvalue weighted by atomic mass is 9.97. The van der Waals surface area contributed by atoms with E-state index in [0.29, 0.717) is 12.5 Å². The van der Waals surface area contributed by atoms with E-state index in [0.717, 1.165) is 55.0 Å². The molecule has 4 heterocycles. The van der Waals surface area contributed by atoms with Crippen LogP contribution >= 0.6 is 0 Å².